The number of rotatable bonds is 8. The summed E-state index contributed by atoms with van der Waals surface area (Å²) in [4.78, 5) is 10.1. The molecule has 118 valence electrons. The normalized spacial score (nSPS) is 12.9. The van der Waals surface area contributed by atoms with Gasteiger partial charge in [0.2, 0.25) is 15.8 Å². The summed E-state index contributed by atoms with van der Waals surface area (Å²) in [6, 6.07) is 3.36. The van der Waals surface area contributed by atoms with Crippen molar-refractivity contribution in [3.8, 4) is 5.75 Å². The van der Waals surface area contributed by atoms with E-state index in [9.17, 15) is 22.9 Å². The number of hydrogen-bond donors (Lipinski definition) is 1. The zero-order valence-corrected chi connectivity index (χ0v) is 12.3. The zero-order valence-electron chi connectivity index (χ0n) is 11.5. The van der Waals surface area contributed by atoms with Crippen molar-refractivity contribution in [3.05, 3.63) is 34.1 Å². The summed E-state index contributed by atoms with van der Waals surface area (Å²) in [5.41, 5.74) is -0.499. The maximum absolute atomic E-state index is 13.6. The van der Waals surface area contributed by atoms with E-state index < -0.39 is 38.1 Å². The number of nitrogens with zero attached hydrogens (tertiary/aromatic N) is 1. The fourth-order valence-electron chi connectivity index (χ4n) is 1.94. The van der Waals surface area contributed by atoms with E-state index in [4.69, 9.17) is 9.88 Å². The monoisotopic (exact) mass is 320 g/mol. The van der Waals surface area contributed by atoms with Gasteiger partial charge in [0.05, 0.1) is 17.3 Å². The van der Waals surface area contributed by atoms with E-state index in [2.05, 4.69) is 0 Å². The summed E-state index contributed by atoms with van der Waals surface area (Å²) in [6.45, 7) is 1.69. The number of nitro groups is 1. The SMILES string of the molecule is CCCC(COc1c(F)cccc1[N+](=O)[O-])CS(N)(=O)=O. The molecule has 1 atom stereocenters. The Kier molecular flexibility index (Phi) is 6.03. The Morgan fingerprint density at radius 3 is 2.67 bits per heavy atom. The first kappa shape index (κ1) is 17.3. The summed E-state index contributed by atoms with van der Waals surface area (Å²) in [6.07, 6.45) is 1.18. The third-order valence-corrected chi connectivity index (χ3v) is 3.71. The Bertz CT molecular complexity index is 606. The van der Waals surface area contributed by atoms with Gasteiger partial charge < -0.3 is 4.74 Å². The van der Waals surface area contributed by atoms with Gasteiger partial charge >= 0.3 is 5.69 Å². The fourth-order valence-corrected chi connectivity index (χ4v) is 2.86. The molecule has 0 aliphatic rings. The Balaban J connectivity index is 2.87. The lowest BCUT2D eigenvalue weighted by molar-refractivity contribution is -0.386. The fraction of sp³-hybridized carbons (Fsp3) is 0.500. The molecule has 21 heavy (non-hydrogen) atoms. The van der Waals surface area contributed by atoms with Gasteiger partial charge in [-0.1, -0.05) is 19.4 Å². The first-order valence-corrected chi connectivity index (χ1v) is 8.02. The van der Waals surface area contributed by atoms with Crippen LogP contribution in [0.15, 0.2) is 18.2 Å². The molecule has 0 amide bonds. The van der Waals surface area contributed by atoms with Gasteiger partial charge in [0.1, 0.15) is 0 Å². The molecule has 9 heteroatoms. The van der Waals surface area contributed by atoms with Gasteiger partial charge in [-0.15, -0.1) is 0 Å². The number of benzene rings is 1. The minimum Gasteiger partial charge on any atom is -0.484 e. The van der Waals surface area contributed by atoms with Crippen LogP contribution in [0.5, 0.6) is 5.75 Å². The van der Waals surface area contributed by atoms with Crippen LogP contribution in [0.3, 0.4) is 0 Å². The largest absolute Gasteiger partial charge is 0.484 e. The average molecular weight is 320 g/mol. The quantitative estimate of drug-likeness (QED) is 0.580. The number of ether oxygens (including phenoxy) is 1. The predicted octanol–water partition coefficient (Wildman–Crippen LogP) is 1.82. The number of halogens is 1. The average Bonchev–Trinajstić information content (AvgIpc) is 2.35. The van der Waals surface area contributed by atoms with E-state index in [0.717, 1.165) is 12.1 Å². The number of para-hydroxylation sites is 1. The van der Waals surface area contributed by atoms with Gasteiger partial charge in [-0.2, -0.15) is 0 Å². The topological polar surface area (TPSA) is 113 Å². The molecule has 0 bridgehead atoms. The van der Waals surface area contributed by atoms with Gasteiger partial charge in [-0.3, -0.25) is 10.1 Å². The summed E-state index contributed by atoms with van der Waals surface area (Å²) in [7, 11) is -3.69. The molecule has 1 aromatic carbocycles. The van der Waals surface area contributed by atoms with Crippen LogP contribution in [-0.4, -0.2) is 25.7 Å². The van der Waals surface area contributed by atoms with Crippen molar-refractivity contribution in [1.82, 2.24) is 0 Å². The van der Waals surface area contributed by atoms with Gasteiger partial charge in [0.15, 0.2) is 5.82 Å². The minimum absolute atomic E-state index is 0.161. The van der Waals surface area contributed by atoms with Crippen LogP contribution in [0.25, 0.3) is 0 Å². The highest BCUT2D eigenvalue weighted by Gasteiger charge is 2.22. The molecule has 0 saturated heterocycles. The Hall–Kier alpha value is -1.74. The lowest BCUT2D eigenvalue weighted by Gasteiger charge is -2.16. The number of nitro benzene ring substituents is 1. The second kappa shape index (κ2) is 7.32. The molecule has 0 fully saturated rings. The molecule has 0 radical (unpaired) electrons. The van der Waals surface area contributed by atoms with Crippen molar-refractivity contribution in [2.75, 3.05) is 12.4 Å². The van der Waals surface area contributed by atoms with Crippen LogP contribution in [0.1, 0.15) is 19.8 Å². The molecule has 1 aromatic rings. The Labute approximate surface area is 122 Å². The number of primary sulfonamides is 1. The van der Waals surface area contributed by atoms with Crippen LogP contribution in [0.2, 0.25) is 0 Å². The Morgan fingerprint density at radius 2 is 2.14 bits per heavy atom. The van der Waals surface area contributed by atoms with Crippen molar-refractivity contribution in [1.29, 1.82) is 0 Å². The molecule has 7 nitrogen and oxygen atoms in total. The van der Waals surface area contributed by atoms with E-state index in [1.54, 1.807) is 0 Å². The molecule has 0 aliphatic carbocycles. The lowest BCUT2D eigenvalue weighted by Crippen LogP contribution is -2.27. The van der Waals surface area contributed by atoms with E-state index in [1.807, 2.05) is 6.92 Å². The zero-order chi connectivity index (χ0) is 16.0. The molecule has 1 rings (SSSR count). The highest BCUT2D eigenvalue weighted by molar-refractivity contribution is 7.89. The summed E-state index contributed by atoms with van der Waals surface area (Å²) in [5.74, 6) is -2.12. The summed E-state index contributed by atoms with van der Waals surface area (Å²) < 4.78 is 41.0. The van der Waals surface area contributed by atoms with Crippen molar-refractivity contribution < 1.29 is 22.5 Å². The molecule has 0 heterocycles. The molecule has 0 spiro atoms. The third kappa shape index (κ3) is 5.64. The van der Waals surface area contributed by atoms with E-state index in [-0.39, 0.29) is 12.4 Å². The lowest BCUT2D eigenvalue weighted by atomic mass is 10.1. The summed E-state index contributed by atoms with van der Waals surface area (Å²) >= 11 is 0. The summed E-state index contributed by atoms with van der Waals surface area (Å²) in [5, 5.41) is 15.8. The van der Waals surface area contributed by atoms with Crippen LogP contribution >= 0.6 is 0 Å². The standard InChI is InChI=1S/C12H17FN2O5S/c1-2-4-9(8-21(14,18)19)7-20-12-10(13)5-3-6-11(12)15(16)17/h3,5-6,9H,2,4,7-8H2,1H3,(H2,14,18,19). The minimum atomic E-state index is -3.69. The van der Waals surface area contributed by atoms with Crippen molar-refractivity contribution in [2.45, 2.75) is 19.8 Å². The highest BCUT2D eigenvalue weighted by Crippen LogP contribution is 2.30. The molecular formula is C12H17FN2O5S. The van der Waals surface area contributed by atoms with Gasteiger partial charge in [0, 0.05) is 12.0 Å². The maximum atomic E-state index is 13.6. The highest BCUT2D eigenvalue weighted by atomic mass is 32.2. The number of hydrogen-bond acceptors (Lipinski definition) is 5. The van der Waals surface area contributed by atoms with E-state index in [0.29, 0.717) is 12.8 Å². The maximum Gasteiger partial charge on any atom is 0.314 e. The molecule has 1 unspecified atom stereocenters. The number of nitrogens with two attached hydrogens (primary N) is 1. The van der Waals surface area contributed by atoms with Gasteiger partial charge in [-0.05, 0) is 12.5 Å². The van der Waals surface area contributed by atoms with Crippen LogP contribution in [0.4, 0.5) is 10.1 Å². The first-order chi connectivity index (χ1) is 9.74. The second-order valence-corrected chi connectivity index (χ2v) is 6.30. The molecule has 0 saturated carbocycles. The molecule has 0 aromatic heterocycles. The van der Waals surface area contributed by atoms with E-state index >= 15 is 0 Å². The van der Waals surface area contributed by atoms with E-state index in [1.165, 1.54) is 6.07 Å². The third-order valence-electron chi connectivity index (χ3n) is 2.77. The van der Waals surface area contributed by atoms with Crippen LogP contribution < -0.4 is 9.88 Å². The molecule has 0 aliphatic heterocycles. The first-order valence-electron chi connectivity index (χ1n) is 6.30. The van der Waals surface area contributed by atoms with Crippen molar-refractivity contribution in [2.24, 2.45) is 11.1 Å². The van der Waals surface area contributed by atoms with Crippen molar-refractivity contribution >= 4 is 15.7 Å². The second-order valence-electron chi connectivity index (χ2n) is 4.64. The van der Waals surface area contributed by atoms with Crippen molar-refractivity contribution in [3.63, 3.8) is 0 Å². The number of sulfonamides is 1. The Morgan fingerprint density at radius 1 is 1.48 bits per heavy atom. The van der Waals surface area contributed by atoms with Gasteiger partial charge in [-0.25, -0.2) is 17.9 Å². The predicted molar refractivity (Wildman–Crippen MR) is 74.9 cm³/mol. The smallest absolute Gasteiger partial charge is 0.314 e. The van der Waals surface area contributed by atoms with Gasteiger partial charge in [0.25, 0.3) is 0 Å². The van der Waals surface area contributed by atoms with Crippen LogP contribution in [-0.2, 0) is 10.0 Å². The van der Waals surface area contributed by atoms with Crippen LogP contribution in [0, 0.1) is 21.8 Å². The molecule has 2 N–H and O–H groups in total. The molecular weight excluding hydrogens is 303 g/mol.